The van der Waals surface area contributed by atoms with Crippen molar-refractivity contribution >= 4 is 17.4 Å². The van der Waals surface area contributed by atoms with Gasteiger partial charge in [-0.15, -0.1) is 0 Å². The number of hydrogen-bond donors (Lipinski definition) is 0. The number of Topliss-reactive ketones (excluding diaryl/α,β-unsaturated/α-hetero) is 1. The summed E-state index contributed by atoms with van der Waals surface area (Å²) in [4.78, 5) is 16.1. The number of hydrogen-bond acceptors (Lipinski definition) is 2. The molecule has 1 heterocycles. The molecule has 0 aliphatic heterocycles. The summed E-state index contributed by atoms with van der Waals surface area (Å²) in [6.07, 6.45) is 1.70. The second kappa shape index (κ2) is 3.06. The molecular formula is C11H12ClNO. The van der Waals surface area contributed by atoms with Crippen molar-refractivity contribution in [3.8, 4) is 0 Å². The van der Waals surface area contributed by atoms with Crippen LogP contribution in [0.1, 0.15) is 36.3 Å². The van der Waals surface area contributed by atoms with E-state index in [1.807, 2.05) is 13.8 Å². The van der Waals surface area contributed by atoms with Gasteiger partial charge in [-0.1, -0.05) is 25.4 Å². The quantitative estimate of drug-likeness (QED) is 0.615. The minimum atomic E-state index is -0.248. The Balaban J connectivity index is 2.52. The molecule has 2 rings (SSSR count). The van der Waals surface area contributed by atoms with Crippen molar-refractivity contribution in [3.05, 3.63) is 28.5 Å². The molecule has 0 fully saturated rings. The molecule has 1 aromatic heterocycles. The van der Waals surface area contributed by atoms with Gasteiger partial charge in [-0.3, -0.25) is 4.79 Å². The van der Waals surface area contributed by atoms with E-state index in [0.717, 1.165) is 24.1 Å². The Labute approximate surface area is 88.3 Å². The number of rotatable bonds is 0. The fraction of sp³-hybridized carbons (Fsp3) is 0.455. The highest BCUT2D eigenvalue weighted by atomic mass is 35.5. The highest BCUT2D eigenvalue weighted by molar-refractivity contribution is 6.29. The highest BCUT2D eigenvalue weighted by Crippen LogP contribution is 2.34. The molecule has 74 valence electrons. The number of fused-ring (bicyclic) bond motifs is 1. The van der Waals surface area contributed by atoms with E-state index in [-0.39, 0.29) is 11.2 Å². The summed E-state index contributed by atoms with van der Waals surface area (Å²) in [5.41, 5.74) is 1.34. The lowest BCUT2D eigenvalue weighted by Gasteiger charge is -2.28. The van der Waals surface area contributed by atoms with Crippen molar-refractivity contribution < 1.29 is 4.79 Å². The van der Waals surface area contributed by atoms with Gasteiger partial charge in [0.25, 0.3) is 0 Å². The number of pyridine rings is 1. The SMILES string of the molecule is CC1(C)CCc2nc(Cl)ccc2C1=O. The molecule has 0 amide bonds. The van der Waals surface area contributed by atoms with Crippen LogP contribution in [0, 0.1) is 5.41 Å². The van der Waals surface area contributed by atoms with Gasteiger partial charge < -0.3 is 0 Å². The fourth-order valence-electron chi connectivity index (χ4n) is 1.78. The molecule has 0 saturated carbocycles. The smallest absolute Gasteiger partial charge is 0.170 e. The van der Waals surface area contributed by atoms with Crippen molar-refractivity contribution in [2.24, 2.45) is 5.41 Å². The van der Waals surface area contributed by atoms with Crippen LogP contribution in [0.2, 0.25) is 5.15 Å². The summed E-state index contributed by atoms with van der Waals surface area (Å²) in [6, 6.07) is 3.47. The lowest BCUT2D eigenvalue weighted by atomic mass is 9.75. The molecule has 14 heavy (non-hydrogen) atoms. The molecular weight excluding hydrogens is 198 g/mol. The zero-order valence-corrected chi connectivity index (χ0v) is 9.06. The van der Waals surface area contributed by atoms with Crippen LogP contribution < -0.4 is 0 Å². The van der Waals surface area contributed by atoms with Gasteiger partial charge in [0, 0.05) is 11.0 Å². The van der Waals surface area contributed by atoms with E-state index in [1.54, 1.807) is 12.1 Å². The average molecular weight is 210 g/mol. The summed E-state index contributed by atoms with van der Waals surface area (Å²) in [5, 5.41) is 0.469. The zero-order valence-electron chi connectivity index (χ0n) is 8.30. The summed E-state index contributed by atoms with van der Waals surface area (Å²) in [7, 11) is 0. The van der Waals surface area contributed by atoms with Gasteiger partial charge in [0.05, 0.1) is 5.69 Å². The van der Waals surface area contributed by atoms with Crippen LogP contribution in [-0.4, -0.2) is 10.8 Å². The van der Waals surface area contributed by atoms with E-state index in [9.17, 15) is 4.79 Å². The number of halogens is 1. The number of ketones is 1. The third kappa shape index (κ3) is 1.44. The van der Waals surface area contributed by atoms with E-state index in [0.29, 0.717) is 5.15 Å². The van der Waals surface area contributed by atoms with E-state index < -0.39 is 0 Å². The third-order valence-corrected chi connectivity index (χ3v) is 3.00. The Hall–Kier alpha value is -0.890. The number of aromatic nitrogens is 1. The fourth-order valence-corrected chi connectivity index (χ4v) is 1.95. The van der Waals surface area contributed by atoms with Crippen LogP contribution in [0.25, 0.3) is 0 Å². The summed E-state index contributed by atoms with van der Waals surface area (Å²) < 4.78 is 0. The largest absolute Gasteiger partial charge is 0.294 e. The monoisotopic (exact) mass is 209 g/mol. The van der Waals surface area contributed by atoms with Crippen LogP contribution in [0.3, 0.4) is 0 Å². The van der Waals surface area contributed by atoms with Gasteiger partial charge in [-0.25, -0.2) is 4.98 Å². The van der Waals surface area contributed by atoms with E-state index >= 15 is 0 Å². The predicted octanol–water partition coefficient (Wildman–Crippen LogP) is 2.89. The first kappa shape index (κ1) is 9.66. The predicted molar refractivity (Wildman–Crippen MR) is 55.7 cm³/mol. The first-order valence-electron chi connectivity index (χ1n) is 4.71. The zero-order chi connectivity index (χ0) is 10.3. The Morgan fingerprint density at radius 3 is 2.86 bits per heavy atom. The van der Waals surface area contributed by atoms with Crippen molar-refractivity contribution in [1.82, 2.24) is 4.98 Å². The minimum absolute atomic E-state index is 0.183. The van der Waals surface area contributed by atoms with Crippen LogP contribution in [0.5, 0.6) is 0 Å². The lowest BCUT2D eigenvalue weighted by Crippen LogP contribution is -2.30. The lowest BCUT2D eigenvalue weighted by molar-refractivity contribution is 0.0809. The first-order chi connectivity index (χ1) is 6.50. The number of carbonyl (C=O) groups is 1. The Kier molecular flexibility index (Phi) is 2.11. The standard InChI is InChI=1S/C11H12ClNO/c1-11(2)6-5-8-7(10(11)14)3-4-9(12)13-8/h3-4H,5-6H2,1-2H3. The molecule has 1 aliphatic rings. The van der Waals surface area contributed by atoms with Gasteiger partial charge >= 0.3 is 0 Å². The summed E-state index contributed by atoms with van der Waals surface area (Å²) in [5.74, 6) is 0.183. The normalized spacial score (nSPS) is 19.2. The molecule has 0 aromatic carbocycles. The van der Waals surface area contributed by atoms with Crippen LogP contribution in [0.15, 0.2) is 12.1 Å². The van der Waals surface area contributed by atoms with Crippen molar-refractivity contribution in [2.45, 2.75) is 26.7 Å². The van der Waals surface area contributed by atoms with E-state index in [4.69, 9.17) is 11.6 Å². The number of carbonyl (C=O) groups excluding carboxylic acids is 1. The maximum absolute atomic E-state index is 12.0. The maximum atomic E-state index is 12.0. The van der Waals surface area contributed by atoms with Gasteiger partial charge in [0.2, 0.25) is 0 Å². The van der Waals surface area contributed by atoms with Gasteiger partial charge in [0.1, 0.15) is 5.15 Å². The molecule has 1 aromatic rings. The third-order valence-electron chi connectivity index (χ3n) is 2.79. The van der Waals surface area contributed by atoms with Gasteiger partial charge in [0.15, 0.2) is 5.78 Å². The molecule has 0 saturated heterocycles. The van der Waals surface area contributed by atoms with Gasteiger partial charge in [-0.2, -0.15) is 0 Å². The summed E-state index contributed by atoms with van der Waals surface area (Å²) >= 11 is 5.77. The maximum Gasteiger partial charge on any atom is 0.170 e. The molecule has 2 nitrogen and oxygen atoms in total. The molecule has 1 aliphatic carbocycles. The molecule has 0 unspecified atom stereocenters. The molecule has 0 radical (unpaired) electrons. The van der Waals surface area contributed by atoms with Crippen molar-refractivity contribution in [2.75, 3.05) is 0 Å². The average Bonchev–Trinajstić information content (AvgIpc) is 2.12. The summed E-state index contributed by atoms with van der Waals surface area (Å²) in [6.45, 7) is 3.96. The molecule has 0 N–H and O–H groups in total. The van der Waals surface area contributed by atoms with Gasteiger partial charge in [-0.05, 0) is 25.0 Å². The Morgan fingerprint density at radius 1 is 1.43 bits per heavy atom. The topological polar surface area (TPSA) is 30.0 Å². The first-order valence-corrected chi connectivity index (χ1v) is 5.09. The van der Waals surface area contributed by atoms with Crippen LogP contribution in [0.4, 0.5) is 0 Å². The minimum Gasteiger partial charge on any atom is -0.294 e. The molecule has 0 atom stereocenters. The van der Waals surface area contributed by atoms with Crippen molar-refractivity contribution in [1.29, 1.82) is 0 Å². The molecule has 3 heteroatoms. The Morgan fingerprint density at radius 2 is 2.14 bits per heavy atom. The second-order valence-electron chi connectivity index (χ2n) is 4.34. The Bertz CT molecular complexity index is 398. The number of aryl methyl sites for hydroxylation is 1. The van der Waals surface area contributed by atoms with Crippen LogP contribution in [-0.2, 0) is 6.42 Å². The number of nitrogens with zero attached hydrogens (tertiary/aromatic N) is 1. The van der Waals surface area contributed by atoms with E-state index in [1.165, 1.54) is 0 Å². The highest BCUT2D eigenvalue weighted by Gasteiger charge is 2.34. The second-order valence-corrected chi connectivity index (χ2v) is 4.73. The van der Waals surface area contributed by atoms with E-state index in [2.05, 4.69) is 4.98 Å². The van der Waals surface area contributed by atoms with Crippen LogP contribution >= 0.6 is 11.6 Å². The molecule has 0 bridgehead atoms. The molecule has 0 spiro atoms. The van der Waals surface area contributed by atoms with Crippen molar-refractivity contribution in [3.63, 3.8) is 0 Å².